The first kappa shape index (κ1) is 16.9. The summed E-state index contributed by atoms with van der Waals surface area (Å²) in [5.41, 5.74) is 4.96. The van der Waals surface area contributed by atoms with Gasteiger partial charge >= 0.3 is 6.61 Å². The summed E-state index contributed by atoms with van der Waals surface area (Å²) in [6, 6.07) is 10.6. The number of aromatic amines is 1. The van der Waals surface area contributed by atoms with E-state index in [4.69, 9.17) is 14.5 Å². The monoisotopic (exact) mass is 382 g/mol. The number of H-pyrrole nitrogens is 1. The Bertz CT molecular complexity index is 1120. The predicted octanol–water partition coefficient (Wildman–Crippen LogP) is 3.99. The fourth-order valence-corrected chi connectivity index (χ4v) is 3.64. The molecule has 1 aliphatic heterocycles. The van der Waals surface area contributed by atoms with Crippen LogP contribution in [0.2, 0.25) is 0 Å². The van der Waals surface area contributed by atoms with Crippen LogP contribution in [0.15, 0.2) is 55.0 Å². The molecule has 1 aliphatic rings. The zero-order chi connectivity index (χ0) is 19.1. The Labute approximate surface area is 158 Å². The number of alkyl halides is 2. The molecular weight excluding hydrogens is 366 g/mol. The molecule has 142 valence electrons. The van der Waals surface area contributed by atoms with Crippen molar-refractivity contribution in [1.29, 1.82) is 0 Å². The van der Waals surface area contributed by atoms with Gasteiger partial charge in [0.25, 0.3) is 0 Å². The Balaban J connectivity index is 1.67. The van der Waals surface area contributed by atoms with E-state index in [1.165, 1.54) is 6.07 Å². The molecule has 5 rings (SSSR count). The highest BCUT2D eigenvalue weighted by Crippen LogP contribution is 2.38. The molecule has 1 unspecified atom stereocenters. The molecule has 1 N–H and O–H groups in total. The van der Waals surface area contributed by atoms with Crippen LogP contribution in [0, 0.1) is 0 Å². The van der Waals surface area contributed by atoms with Gasteiger partial charge in [0.1, 0.15) is 17.5 Å². The molecule has 0 amide bonds. The van der Waals surface area contributed by atoms with Crippen molar-refractivity contribution in [3.8, 4) is 16.9 Å². The van der Waals surface area contributed by atoms with Gasteiger partial charge < -0.3 is 13.9 Å². The van der Waals surface area contributed by atoms with Crippen molar-refractivity contribution in [3.05, 3.63) is 71.9 Å². The zero-order valence-electron chi connectivity index (χ0n) is 14.7. The van der Waals surface area contributed by atoms with Crippen molar-refractivity contribution in [3.63, 3.8) is 0 Å². The first-order valence-electron chi connectivity index (χ1n) is 8.86. The van der Waals surface area contributed by atoms with Crippen LogP contribution in [0.25, 0.3) is 16.8 Å². The minimum Gasteiger partial charge on any atom is -0.434 e. The van der Waals surface area contributed by atoms with Crippen LogP contribution in [-0.4, -0.2) is 32.8 Å². The quantitative estimate of drug-likeness (QED) is 0.580. The molecule has 0 saturated heterocycles. The molecule has 0 spiro atoms. The summed E-state index contributed by atoms with van der Waals surface area (Å²) in [5.74, 6) is 0.108. The van der Waals surface area contributed by atoms with Crippen LogP contribution >= 0.6 is 0 Å². The minimum absolute atomic E-state index is 0.108. The first-order chi connectivity index (χ1) is 13.7. The van der Waals surface area contributed by atoms with E-state index in [9.17, 15) is 8.78 Å². The first-order valence-corrected chi connectivity index (χ1v) is 8.86. The average molecular weight is 382 g/mol. The van der Waals surface area contributed by atoms with E-state index in [0.29, 0.717) is 18.6 Å². The van der Waals surface area contributed by atoms with E-state index in [0.717, 1.165) is 28.2 Å². The van der Waals surface area contributed by atoms with Crippen LogP contribution in [0.5, 0.6) is 5.75 Å². The molecule has 3 aromatic heterocycles. The number of hydrogen-bond donors (Lipinski definition) is 1. The summed E-state index contributed by atoms with van der Waals surface area (Å²) in [5, 5.41) is 6.80. The average Bonchev–Trinajstić information content (AvgIpc) is 3.35. The number of nitrogens with one attached hydrogen (secondary N) is 1. The summed E-state index contributed by atoms with van der Waals surface area (Å²) in [4.78, 5) is 4.71. The summed E-state index contributed by atoms with van der Waals surface area (Å²) in [6.07, 6.45) is 5.62. The van der Waals surface area contributed by atoms with Crippen molar-refractivity contribution in [2.45, 2.75) is 19.1 Å². The smallest absolute Gasteiger partial charge is 0.387 e. The SMILES string of the molecule is FC(F)Oc1ccccc1C1OCCc2nc3ccc(-c4cn[nH]c4)cn3c21. The highest BCUT2D eigenvalue weighted by atomic mass is 19.3. The summed E-state index contributed by atoms with van der Waals surface area (Å²) >= 11 is 0. The van der Waals surface area contributed by atoms with Gasteiger partial charge in [-0.3, -0.25) is 5.10 Å². The second-order valence-electron chi connectivity index (χ2n) is 6.49. The molecule has 8 heteroatoms. The van der Waals surface area contributed by atoms with Gasteiger partial charge in [-0.25, -0.2) is 4.98 Å². The van der Waals surface area contributed by atoms with Crippen LogP contribution in [0.3, 0.4) is 0 Å². The lowest BCUT2D eigenvalue weighted by Gasteiger charge is -2.25. The lowest BCUT2D eigenvalue weighted by Crippen LogP contribution is -2.19. The Morgan fingerprint density at radius 3 is 2.89 bits per heavy atom. The molecule has 6 nitrogen and oxygen atoms in total. The maximum absolute atomic E-state index is 12.9. The number of aromatic nitrogens is 4. The van der Waals surface area contributed by atoms with Gasteiger partial charge in [0.2, 0.25) is 0 Å². The van der Waals surface area contributed by atoms with E-state index in [-0.39, 0.29) is 5.75 Å². The van der Waals surface area contributed by atoms with Crippen molar-refractivity contribution in [2.24, 2.45) is 0 Å². The Hall–Kier alpha value is -3.26. The van der Waals surface area contributed by atoms with Gasteiger partial charge in [0.05, 0.1) is 24.2 Å². The third-order valence-electron chi connectivity index (χ3n) is 4.85. The normalized spacial score (nSPS) is 16.5. The number of pyridine rings is 1. The molecule has 0 aliphatic carbocycles. The molecule has 0 radical (unpaired) electrons. The number of benzene rings is 1. The molecular formula is C20H16F2N4O2. The van der Waals surface area contributed by atoms with Gasteiger partial charge in [0.15, 0.2) is 0 Å². The molecule has 0 bridgehead atoms. The number of imidazole rings is 1. The highest BCUT2D eigenvalue weighted by Gasteiger charge is 2.30. The largest absolute Gasteiger partial charge is 0.434 e. The van der Waals surface area contributed by atoms with E-state index in [2.05, 4.69) is 10.2 Å². The number of rotatable bonds is 4. The van der Waals surface area contributed by atoms with Crippen LogP contribution in [0.4, 0.5) is 8.78 Å². The maximum Gasteiger partial charge on any atom is 0.387 e. The predicted molar refractivity (Wildman–Crippen MR) is 97.3 cm³/mol. The number of ether oxygens (including phenoxy) is 2. The maximum atomic E-state index is 12.9. The Morgan fingerprint density at radius 1 is 1.18 bits per heavy atom. The number of para-hydroxylation sites is 1. The fraction of sp³-hybridized carbons (Fsp3) is 0.200. The molecule has 1 atom stereocenters. The molecule has 4 aromatic rings. The summed E-state index contributed by atoms with van der Waals surface area (Å²) in [6.45, 7) is -2.45. The molecule has 0 saturated carbocycles. The Kier molecular flexibility index (Phi) is 4.05. The second-order valence-corrected chi connectivity index (χ2v) is 6.49. The fourth-order valence-electron chi connectivity index (χ4n) is 3.64. The Morgan fingerprint density at radius 2 is 2.07 bits per heavy atom. The van der Waals surface area contributed by atoms with E-state index >= 15 is 0 Å². The van der Waals surface area contributed by atoms with Crippen molar-refractivity contribution < 1.29 is 18.3 Å². The van der Waals surface area contributed by atoms with Gasteiger partial charge in [-0.05, 0) is 18.2 Å². The minimum atomic E-state index is -2.90. The number of nitrogens with zero attached hydrogens (tertiary/aromatic N) is 3. The summed E-state index contributed by atoms with van der Waals surface area (Å²) < 4.78 is 38.4. The molecule has 1 aromatic carbocycles. The van der Waals surface area contributed by atoms with E-state index in [1.807, 2.05) is 28.9 Å². The lowest BCUT2D eigenvalue weighted by atomic mass is 10.0. The highest BCUT2D eigenvalue weighted by molar-refractivity contribution is 5.64. The van der Waals surface area contributed by atoms with Gasteiger partial charge in [-0.1, -0.05) is 18.2 Å². The van der Waals surface area contributed by atoms with Crippen LogP contribution in [-0.2, 0) is 11.2 Å². The van der Waals surface area contributed by atoms with Crippen LogP contribution < -0.4 is 4.74 Å². The number of fused-ring (bicyclic) bond motifs is 3. The van der Waals surface area contributed by atoms with Gasteiger partial charge in [-0.2, -0.15) is 13.9 Å². The van der Waals surface area contributed by atoms with Crippen molar-refractivity contribution in [1.82, 2.24) is 19.6 Å². The van der Waals surface area contributed by atoms with Crippen molar-refractivity contribution >= 4 is 5.65 Å². The summed E-state index contributed by atoms with van der Waals surface area (Å²) in [7, 11) is 0. The number of hydrogen-bond acceptors (Lipinski definition) is 4. The third-order valence-corrected chi connectivity index (χ3v) is 4.85. The molecule has 4 heterocycles. The molecule has 28 heavy (non-hydrogen) atoms. The van der Waals surface area contributed by atoms with Gasteiger partial charge in [-0.15, -0.1) is 0 Å². The standard InChI is InChI=1S/C20H16F2N4O2/c21-20(22)28-16-4-2-1-3-14(16)19-18-15(7-8-27-19)25-17-6-5-12(11-26(17)18)13-9-23-24-10-13/h1-6,9-11,19-20H,7-8H2,(H,23,24). The van der Waals surface area contributed by atoms with Crippen LogP contribution in [0.1, 0.15) is 23.1 Å². The van der Waals surface area contributed by atoms with Gasteiger partial charge in [0, 0.05) is 35.5 Å². The second kappa shape index (κ2) is 6.72. The number of halogens is 2. The van der Waals surface area contributed by atoms with E-state index in [1.54, 1.807) is 24.4 Å². The topological polar surface area (TPSA) is 64.4 Å². The van der Waals surface area contributed by atoms with E-state index < -0.39 is 12.7 Å². The molecule has 0 fully saturated rings. The lowest BCUT2D eigenvalue weighted by molar-refractivity contribution is -0.0522. The van der Waals surface area contributed by atoms with Crippen molar-refractivity contribution in [2.75, 3.05) is 6.61 Å². The third kappa shape index (κ3) is 2.82. The zero-order valence-corrected chi connectivity index (χ0v) is 14.7.